The molecule has 0 radical (unpaired) electrons. The van der Waals surface area contributed by atoms with Crippen molar-refractivity contribution < 1.29 is 19.7 Å². The normalized spacial score (nSPS) is 13.8. The third kappa shape index (κ3) is 6.78. The fourth-order valence-corrected chi connectivity index (χ4v) is 1.96. The molecular formula is C16H26O4. The lowest BCUT2D eigenvalue weighted by Gasteiger charge is -2.17. The molecule has 2 N–H and O–H groups in total. The maximum absolute atomic E-state index is 8.80. The lowest BCUT2D eigenvalue weighted by molar-refractivity contribution is 0.180. The fraction of sp³-hybridized carbons (Fsp3) is 0.625. The number of rotatable bonds is 10. The number of ether oxygens (including phenoxy) is 2. The smallest absolute Gasteiger partial charge is 0.123 e. The number of aliphatic hydroxyl groups is 2. The zero-order valence-corrected chi connectivity index (χ0v) is 12.4. The summed E-state index contributed by atoms with van der Waals surface area (Å²) in [4.78, 5) is 0. The monoisotopic (exact) mass is 282 g/mol. The third-order valence-electron chi connectivity index (χ3n) is 3.02. The van der Waals surface area contributed by atoms with Crippen LogP contribution in [-0.4, -0.2) is 35.6 Å². The van der Waals surface area contributed by atoms with E-state index < -0.39 is 0 Å². The van der Waals surface area contributed by atoms with Gasteiger partial charge >= 0.3 is 0 Å². The van der Waals surface area contributed by atoms with E-state index in [4.69, 9.17) is 19.7 Å². The van der Waals surface area contributed by atoms with Crippen molar-refractivity contribution in [1.29, 1.82) is 0 Å². The molecule has 1 aromatic rings. The van der Waals surface area contributed by atoms with Crippen LogP contribution in [0.5, 0.6) is 11.5 Å². The van der Waals surface area contributed by atoms with Gasteiger partial charge in [0.2, 0.25) is 0 Å². The molecule has 0 aliphatic heterocycles. The van der Waals surface area contributed by atoms with Crippen LogP contribution in [0, 0.1) is 0 Å². The van der Waals surface area contributed by atoms with Crippen molar-refractivity contribution >= 4 is 0 Å². The molecule has 114 valence electrons. The summed E-state index contributed by atoms with van der Waals surface area (Å²) in [6.45, 7) is 4.37. The second-order valence-corrected chi connectivity index (χ2v) is 5.06. The topological polar surface area (TPSA) is 58.9 Å². The molecule has 0 aliphatic carbocycles. The summed E-state index contributed by atoms with van der Waals surface area (Å²) < 4.78 is 11.6. The van der Waals surface area contributed by atoms with Crippen LogP contribution in [0.3, 0.4) is 0 Å². The van der Waals surface area contributed by atoms with Crippen LogP contribution in [0.4, 0.5) is 0 Å². The van der Waals surface area contributed by atoms with Gasteiger partial charge in [0.1, 0.15) is 11.5 Å². The highest BCUT2D eigenvalue weighted by Crippen LogP contribution is 2.22. The molecule has 0 amide bonds. The van der Waals surface area contributed by atoms with E-state index in [0.717, 1.165) is 37.2 Å². The van der Waals surface area contributed by atoms with Crippen LogP contribution in [-0.2, 0) is 0 Å². The van der Waals surface area contributed by atoms with Crippen molar-refractivity contribution in [2.45, 2.75) is 51.7 Å². The van der Waals surface area contributed by atoms with Gasteiger partial charge in [0.15, 0.2) is 0 Å². The van der Waals surface area contributed by atoms with Gasteiger partial charge in [-0.15, -0.1) is 0 Å². The molecule has 0 spiro atoms. The highest BCUT2D eigenvalue weighted by molar-refractivity contribution is 5.33. The van der Waals surface area contributed by atoms with Gasteiger partial charge in [-0.3, -0.25) is 0 Å². The molecule has 0 aliphatic rings. The quantitative estimate of drug-likeness (QED) is 0.693. The molecule has 0 aromatic heterocycles. The summed E-state index contributed by atoms with van der Waals surface area (Å²) >= 11 is 0. The summed E-state index contributed by atoms with van der Waals surface area (Å²) in [7, 11) is 0. The Bertz CT molecular complexity index is 336. The molecule has 4 heteroatoms. The largest absolute Gasteiger partial charge is 0.491 e. The van der Waals surface area contributed by atoms with E-state index in [1.54, 1.807) is 0 Å². The Labute approximate surface area is 121 Å². The molecular weight excluding hydrogens is 256 g/mol. The Morgan fingerprint density at radius 3 is 1.75 bits per heavy atom. The van der Waals surface area contributed by atoms with Crippen LogP contribution >= 0.6 is 0 Å². The molecule has 0 fully saturated rings. The second kappa shape index (κ2) is 9.61. The van der Waals surface area contributed by atoms with Gasteiger partial charge in [-0.25, -0.2) is 0 Å². The van der Waals surface area contributed by atoms with Crippen molar-refractivity contribution in [3.8, 4) is 11.5 Å². The van der Waals surface area contributed by atoms with E-state index in [1.165, 1.54) is 0 Å². The predicted molar refractivity (Wildman–Crippen MR) is 79.3 cm³/mol. The molecule has 20 heavy (non-hydrogen) atoms. The predicted octanol–water partition coefficient (Wildman–Crippen LogP) is 2.77. The highest BCUT2D eigenvalue weighted by atomic mass is 16.5. The zero-order chi connectivity index (χ0) is 14.8. The van der Waals surface area contributed by atoms with Crippen LogP contribution in [0.1, 0.15) is 39.5 Å². The first-order valence-electron chi connectivity index (χ1n) is 7.30. The number of benzene rings is 1. The molecule has 0 bridgehead atoms. The first kappa shape index (κ1) is 16.8. The van der Waals surface area contributed by atoms with Gasteiger partial charge in [0, 0.05) is 19.3 Å². The Hall–Kier alpha value is -1.26. The van der Waals surface area contributed by atoms with Crippen LogP contribution < -0.4 is 9.47 Å². The summed E-state index contributed by atoms with van der Waals surface area (Å²) in [6.07, 6.45) is 3.29. The minimum atomic E-state index is 0.0733. The molecule has 4 nitrogen and oxygen atoms in total. The highest BCUT2D eigenvalue weighted by Gasteiger charge is 2.07. The second-order valence-electron chi connectivity index (χ2n) is 5.06. The average Bonchev–Trinajstić information content (AvgIpc) is 2.43. The number of aliphatic hydroxyl groups excluding tert-OH is 2. The van der Waals surface area contributed by atoms with Gasteiger partial charge in [0.25, 0.3) is 0 Å². The van der Waals surface area contributed by atoms with E-state index in [2.05, 4.69) is 0 Å². The molecule has 2 atom stereocenters. The summed E-state index contributed by atoms with van der Waals surface area (Å²) in [5.74, 6) is 1.56. The molecule has 0 heterocycles. The fourth-order valence-electron chi connectivity index (χ4n) is 1.96. The van der Waals surface area contributed by atoms with E-state index in [-0.39, 0.29) is 25.4 Å². The maximum atomic E-state index is 8.80. The van der Waals surface area contributed by atoms with Crippen LogP contribution in [0.2, 0.25) is 0 Å². The molecule has 2 unspecified atom stereocenters. The van der Waals surface area contributed by atoms with Crippen molar-refractivity contribution in [2.75, 3.05) is 13.2 Å². The molecule has 0 saturated carbocycles. The van der Waals surface area contributed by atoms with Crippen molar-refractivity contribution in [3.05, 3.63) is 24.3 Å². The first-order valence-corrected chi connectivity index (χ1v) is 7.30. The third-order valence-corrected chi connectivity index (χ3v) is 3.02. The van der Waals surface area contributed by atoms with Gasteiger partial charge < -0.3 is 19.7 Å². The summed E-state index contributed by atoms with van der Waals surface area (Å²) in [6, 6.07) is 7.59. The van der Waals surface area contributed by atoms with Gasteiger partial charge in [-0.05, 0) is 51.7 Å². The number of hydrogen-bond acceptors (Lipinski definition) is 4. The minimum absolute atomic E-state index is 0.0733. The van der Waals surface area contributed by atoms with Crippen molar-refractivity contribution in [2.24, 2.45) is 0 Å². The maximum Gasteiger partial charge on any atom is 0.123 e. The Morgan fingerprint density at radius 2 is 1.35 bits per heavy atom. The summed E-state index contributed by atoms with van der Waals surface area (Å²) in [5.41, 5.74) is 0. The number of hydrogen-bond donors (Lipinski definition) is 2. The van der Waals surface area contributed by atoms with E-state index >= 15 is 0 Å². The van der Waals surface area contributed by atoms with Gasteiger partial charge in [-0.1, -0.05) is 6.07 Å². The van der Waals surface area contributed by atoms with Gasteiger partial charge in [0.05, 0.1) is 12.2 Å². The minimum Gasteiger partial charge on any atom is -0.491 e. The van der Waals surface area contributed by atoms with Crippen LogP contribution in [0.15, 0.2) is 24.3 Å². The lowest BCUT2D eigenvalue weighted by Crippen LogP contribution is -2.14. The lowest BCUT2D eigenvalue weighted by atomic mass is 10.2. The van der Waals surface area contributed by atoms with E-state index in [0.29, 0.717) is 0 Å². The van der Waals surface area contributed by atoms with E-state index in [9.17, 15) is 0 Å². The van der Waals surface area contributed by atoms with E-state index in [1.807, 2.05) is 38.1 Å². The first-order chi connectivity index (χ1) is 9.65. The molecule has 1 aromatic carbocycles. The average molecular weight is 282 g/mol. The van der Waals surface area contributed by atoms with Crippen molar-refractivity contribution in [3.63, 3.8) is 0 Å². The molecule has 0 saturated heterocycles. The molecule has 1 rings (SSSR count). The van der Waals surface area contributed by atoms with Crippen molar-refractivity contribution in [1.82, 2.24) is 0 Å². The van der Waals surface area contributed by atoms with Crippen LogP contribution in [0.25, 0.3) is 0 Å². The SMILES string of the molecule is CC(CCCO)Oc1cccc(OC(C)CCCO)c1. The zero-order valence-electron chi connectivity index (χ0n) is 12.4. The Morgan fingerprint density at radius 1 is 0.900 bits per heavy atom. The Kier molecular flexibility index (Phi) is 8.07. The standard InChI is InChI=1S/C16H26O4/c1-13(6-4-10-17)19-15-8-3-9-16(12-15)20-14(2)7-5-11-18/h3,8-9,12-14,17-18H,4-7,10-11H2,1-2H3. The van der Waals surface area contributed by atoms with Gasteiger partial charge in [-0.2, -0.15) is 0 Å². The summed E-state index contributed by atoms with van der Waals surface area (Å²) in [5, 5.41) is 17.6. The Balaban J connectivity index is 2.48.